The van der Waals surface area contributed by atoms with E-state index in [4.69, 9.17) is 4.74 Å². The van der Waals surface area contributed by atoms with Crippen molar-refractivity contribution in [3.8, 4) is 0 Å². The van der Waals surface area contributed by atoms with Crippen molar-refractivity contribution in [2.45, 2.75) is 63.1 Å². The molecule has 0 unspecified atom stereocenters. The van der Waals surface area contributed by atoms with Crippen molar-refractivity contribution >= 4 is 43.0 Å². The first-order valence-corrected chi connectivity index (χ1v) is 18.0. The summed E-state index contributed by atoms with van der Waals surface area (Å²) in [6, 6.07) is 21.1. The lowest BCUT2D eigenvalue weighted by Crippen LogP contribution is -2.45. The summed E-state index contributed by atoms with van der Waals surface area (Å²) in [5, 5.41) is 27.6. The van der Waals surface area contributed by atoms with Gasteiger partial charge in [-0.05, 0) is 48.8 Å². The minimum atomic E-state index is -3.42. The fourth-order valence-corrected chi connectivity index (χ4v) is 9.81. The maximum absolute atomic E-state index is 15.8. The number of halogens is 1. The number of hydrogen-bond donors (Lipinski definition) is 1. The summed E-state index contributed by atoms with van der Waals surface area (Å²) in [6.07, 6.45) is 0.252. The van der Waals surface area contributed by atoms with Gasteiger partial charge in [-0.25, -0.2) is 5.01 Å². The smallest absolute Gasteiger partial charge is 0.269 e. The van der Waals surface area contributed by atoms with E-state index in [0.717, 1.165) is 11.3 Å². The zero-order valence-corrected chi connectivity index (χ0v) is 26.4. The Bertz CT molecular complexity index is 1700. The van der Waals surface area contributed by atoms with Gasteiger partial charge in [-0.2, -0.15) is 5.10 Å². The number of nitro groups is 1. The highest BCUT2D eigenvalue weighted by Gasteiger charge is 2.66. The number of anilines is 2. The molecular formula is C33H35FN4O6Si. The van der Waals surface area contributed by atoms with Crippen molar-refractivity contribution in [1.82, 2.24) is 0 Å². The van der Waals surface area contributed by atoms with Gasteiger partial charge in [-0.3, -0.25) is 19.7 Å². The van der Waals surface area contributed by atoms with E-state index in [1.165, 1.54) is 28.1 Å². The quantitative estimate of drug-likeness (QED) is 0.145. The first-order chi connectivity index (χ1) is 21.5. The number of non-ortho nitro benzene ring substituents is 1. The van der Waals surface area contributed by atoms with Gasteiger partial charge in [0.25, 0.3) is 11.6 Å². The van der Waals surface area contributed by atoms with Crippen LogP contribution < -0.4 is 9.91 Å². The van der Waals surface area contributed by atoms with Gasteiger partial charge in [0.2, 0.25) is 14.3 Å². The summed E-state index contributed by atoms with van der Waals surface area (Å²) >= 11 is 0. The van der Waals surface area contributed by atoms with Crippen LogP contribution in [0.2, 0.25) is 18.6 Å². The van der Waals surface area contributed by atoms with E-state index in [9.17, 15) is 24.8 Å². The van der Waals surface area contributed by atoms with Crippen LogP contribution >= 0.6 is 0 Å². The second kappa shape index (κ2) is 11.6. The van der Waals surface area contributed by atoms with Crippen LogP contribution in [-0.2, 0) is 26.5 Å². The predicted octanol–water partition coefficient (Wildman–Crippen LogP) is 5.83. The molecule has 45 heavy (non-hydrogen) atoms. The van der Waals surface area contributed by atoms with Crippen molar-refractivity contribution in [2.24, 2.45) is 11.0 Å². The largest absolute Gasteiger partial charge is 0.396 e. The lowest BCUT2D eigenvalue weighted by Gasteiger charge is -2.31. The van der Waals surface area contributed by atoms with Gasteiger partial charge in [0.15, 0.2) is 5.60 Å². The van der Waals surface area contributed by atoms with Crippen LogP contribution in [-0.4, -0.2) is 48.7 Å². The number of rotatable bonds is 8. The number of ether oxygens (including phenoxy) is 1. The average Bonchev–Trinajstić information content (AvgIpc) is 3.44. The van der Waals surface area contributed by atoms with Gasteiger partial charge in [0, 0.05) is 48.6 Å². The summed E-state index contributed by atoms with van der Waals surface area (Å²) in [5.41, 5.74) is 1.30. The van der Waals surface area contributed by atoms with E-state index in [2.05, 4.69) is 5.10 Å². The van der Waals surface area contributed by atoms with Gasteiger partial charge in [0.1, 0.15) is 0 Å². The second-order valence-corrected chi connectivity index (χ2v) is 16.2. The summed E-state index contributed by atoms with van der Waals surface area (Å²) in [5.74, 6) is -1.21. The molecule has 1 N–H and O–H groups in total. The number of carbonyl (C=O) groups is 2. The zero-order valence-electron chi connectivity index (χ0n) is 25.4. The van der Waals surface area contributed by atoms with E-state index in [0.29, 0.717) is 35.3 Å². The number of amides is 2. The van der Waals surface area contributed by atoms with Crippen LogP contribution in [0.25, 0.3) is 0 Å². The standard InChI is InChI=1S/C33H35FN4O6Si/c1-21-31(45(2,3)34)29(16-17-39)44-33(21)26-19-25(38(42)43)12-14-28(26)36(32(33)41)20-22-8-7-11-24(18-22)37-30(40)15-13-27(35-37)23-9-5-4-6-10-23/h4-12,14,18-19,21,29,31,39H,13,15-17,20H2,1-3H3/t21-,29+,31-,33+/m1/s1. The number of hydrogen-bond acceptors (Lipinski definition) is 7. The van der Waals surface area contributed by atoms with Crippen LogP contribution in [0.15, 0.2) is 77.9 Å². The van der Waals surface area contributed by atoms with E-state index in [1.54, 1.807) is 38.2 Å². The number of carbonyl (C=O) groups excluding carboxylic acids is 2. The molecule has 234 valence electrons. The predicted molar refractivity (Wildman–Crippen MR) is 170 cm³/mol. The number of aliphatic hydroxyl groups excluding tert-OH is 1. The topological polar surface area (TPSA) is 126 Å². The van der Waals surface area contributed by atoms with Crippen molar-refractivity contribution in [1.29, 1.82) is 0 Å². The number of nitrogens with zero attached hydrogens (tertiary/aromatic N) is 4. The van der Waals surface area contributed by atoms with Crippen molar-refractivity contribution in [3.05, 3.63) is 99.6 Å². The summed E-state index contributed by atoms with van der Waals surface area (Å²) < 4.78 is 22.3. The minimum Gasteiger partial charge on any atom is -0.396 e. The molecule has 0 radical (unpaired) electrons. The van der Waals surface area contributed by atoms with E-state index in [-0.39, 0.29) is 31.2 Å². The summed E-state index contributed by atoms with van der Waals surface area (Å²) in [7, 11) is -3.42. The number of hydrazone groups is 1. The molecule has 0 saturated carbocycles. The Morgan fingerprint density at radius 1 is 1.09 bits per heavy atom. The van der Waals surface area contributed by atoms with Crippen LogP contribution in [0.5, 0.6) is 0 Å². The molecule has 0 aliphatic carbocycles. The summed E-state index contributed by atoms with van der Waals surface area (Å²) in [4.78, 5) is 40.3. The van der Waals surface area contributed by atoms with E-state index >= 15 is 4.11 Å². The molecule has 0 bridgehead atoms. The first kappa shape index (κ1) is 30.7. The highest BCUT2D eigenvalue weighted by Crippen LogP contribution is 2.60. The monoisotopic (exact) mass is 630 g/mol. The second-order valence-electron chi connectivity index (χ2n) is 12.4. The maximum Gasteiger partial charge on any atom is 0.269 e. The van der Waals surface area contributed by atoms with Gasteiger partial charge in [0.05, 0.1) is 34.7 Å². The molecule has 3 aromatic carbocycles. The average molecular weight is 631 g/mol. The van der Waals surface area contributed by atoms with Gasteiger partial charge in [-0.15, -0.1) is 0 Å². The van der Waals surface area contributed by atoms with Crippen LogP contribution in [0, 0.1) is 16.0 Å². The Morgan fingerprint density at radius 2 is 1.84 bits per heavy atom. The third kappa shape index (κ3) is 5.26. The van der Waals surface area contributed by atoms with Gasteiger partial charge < -0.3 is 18.9 Å². The molecule has 6 rings (SSSR count). The van der Waals surface area contributed by atoms with E-state index < -0.39 is 42.4 Å². The van der Waals surface area contributed by atoms with E-state index in [1.807, 2.05) is 36.4 Å². The molecule has 3 aliphatic heterocycles. The lowest BCUT2D eigenvalue weighted by atomic mass is 9.82. The van der Waals surface area contributed by atoms with Gasteiger partial charge >= 0.3 is 0 Å². The van der Waals surface area contributed by atoms with Gasteiger partial charge in [-0.1, -0.05) is 49.4 Å². The lowest BCUT2D eigenvalue weighted by molar-refractivity contribution is -0.385. The number of aliphatic hydroxyl groups is 1. The van der Waals surface area contributed by atoms with Crippen molar-refractivity contribution in [3.63, 3.8) is 0 Å². The third-order valence-electron chi connectivity index (χ3n) is 9.20. The molecule has 1 saturated heterocycles. The van der Waals surface area contributed by atoms with Crippen molar-refractivity contribution in [2.75, 3.05) is 16.5 Å². The first-order valence-electron chi connectivity index (χ1n) is 15.1. The number of benzene rings is 3. The zero-order chi connectivity index (χ0) is 32.1. The van der Waals surface area contributed by atoms with Crippen LogP contribution in [0.3, 0.4) is 0 Å². The molecule has 0 aromatic heterocycles. The Balaban J connectivity index is 1.38. The molecular weight excluding hydrogens is 595 g/mol. The van der Waals surface area contributed by atoms with Crippen molar-refractivity contribution < 1.29 is 28.5 Å². The maximum atomic E-state index is 15.8. The molecule has 12 heteroatoms. The Labute approximate surface area is 261 Å². The van der Waals surface area contributed by atoms with Crippen LogP contribution in [0.4, 0.5) is 21.2 Å². The van der Waals surface area contributed by atoms with Crippen LogP contribution in [0.1, 0.15) is 42.9 Å². The SMILES string of the molecule is C[C@@H]1[C@@H]([Si](C)(C)F)[C@H](CCO)O[C@@]12C(=O)N(Cc1cccc(N3N=C(c4ccccc4)CCC3=O)c1)c1ccc([N+](=O)[O-])cc12. The minimum absolute atomic E-state index is 0.0817. The summed E-state index contributed by atoms with van der Waals surface area (Å²) in [6.45, 7) is 4.73. The molecule has 10 nitrogen and oxygen atoms in total. The fraction of sp³-hybridized carbons (Fsp3) is 0.364. The Morgan fingerprint density at radius 3 is 2.53 bits per heavy atom. The highest BCUT2D eigenvalue weighted by atomic mass is 28.4. The molecule has 1 fully saturated rings. The molecule has 3 heterocycles. The Kier molecular flexibility index (Phi) is 7.92. The third-order valence-corrected chi connectivity index (χ3v) is 11.7. The normalized spacial score (nSPS) is 24.7. The molecule has 3 aliphatic rings. The highest BCUT2D eigenvalue weighted by molar-refractivity contribution is 6.72. The molecule has 4 atom stereocenters. The molecule has 3 aromatic rings. The fourth-order valence-electron chi connectivity index (χ4n) is 7.26. The molecule has 2 amide bonds. The Hall–Kier alpha value is -4.26. The molecule has 1 spiro atoms. The number of nitro benzene ring substituents is 1. The number of fused-ring (bicyclic) bond motifs is 2.